The number of nitrogens with one attached hydrogen (secondary N) is 2. The molecule has 0 radical (unpaired) electrons. The highest BCUT2D eigenvalue weighted by Gasteiger charge is 2.35. The van der Waals surface area contributed by atoms with Gasteiger partial charge in [0.25, 0.3) is 5.91 Å². The summed E-state index contributed by atoms with van der Waals surface area (Å²) in [7, 11) is 1.61. The van der Waals surface area contributed by atoms with Gasteiger partial charge in [0.05, 0.1) is 12.7 Å². The lowest BCUT2D eigenvalue weighted by molar-refractivity contribution is -0.113. The molecule has 2 N–H and O–H groups in total. The third kappa shape index (κ3) is 6.76. The number of fused-ring (bicyclic) bond motifs is 1. The fourth-order valence-electron chi connectivity index (χ4n) is 5.37. The van der Waals surface area contributed by atoms with Crippen LogP contribution >= 0.6 is 23.4 Å². The van der Waals surface area contributed by atoms with Gasteiger partial charge in [-0.1, -0.05) is 84.0 Å². The molecule has 0 aliphatic carbocycles. The number of amides is 1. The molecule has 46 heavy (non-hydrogen) atoms. The molecule has 1 unspecified atom stereocenters. The van der Waals surface area contributed by atoms with Crippen LogP contribution in [-0.2, 0) is 17.2 Å². The molecule has 0 saturated carbocycles. The maximum Gasteiger partial charge on any atom is 0.255 e. The number of carbonyl (C=O) groups is 1. The van der Waals surface area contributed by atoms with Crippen molar-refractivity contribution in [3.8, 4) is 11.5 Å². The van der Waals surface area contributed by atoms with E-state index in [4.69, 9.17) is 31.2 Å². The van der Waals surface area contributed by atoms with Gasteiger partial charge < -0.3 is 20.1 Å². The van der Waals surface area contributed by atoms with Crippen LogP contribution in [0, 0.1) is 13.8 Å². The number of anilines is 2. The second-order valence-corrected chi connectivity index (χ2v) is 12.4. The van der Waals surface area contributed by atoms with Gasteiger partial charge in [-0.25, -0.2) is 4.68 Å². The van der Waals surface area contributed by atoms with Crippen molar-refractivity contribution in [1.29, 1.82) is 0 Å². The average Bonchev–Trinajstić information content (AvgIpc) is 3.45. The van der Waals surface area contributed by atoms with Gasteiger partial charge >= 0.3 is 0 Å². The van der Waals surface area contributed by atoms with Crippen molar-refractivity contribution >= 4 is 40.9 Å². The molecule has 1 atom stereocenters. The zero-order valence-corrected chi connectivity index (χ0v) is 27.6. The normalized spacial score (nSPS) is 14.0. The Bertz CT molecular complexity index is 1940. The largest absolute Gasteiger partial charge is 0.493 e. The number of methoxy groups -OCH3 is 1. The number of thioether (sulfide) groups is 1. The molecule has 0 spiro atoms. The lowest BCUT2D eigenvalue weighted by Gasteiger charge is -2.29. The first-order chi connectivity index (χ1) is 22.3. The van der Waals surface area contributed by atoms with Crippen molar-refractivity contribution in [3.05, 3.63) is 135 Å². The van der Waals surface area contributed by atoms with Crippen LogP contribution < -0.4 is 20.1 Å². The smallest absolute Gasteiger partial charge is 0.255 e. The second-order valence-electron chi connectivity index (χ2n) is 11.1. The summed E-state index contributed by atoms with van der Waals surface area (Å²) in [5, 5.41) is 12.5. The summed E-state index contributed by atoms with van der Waals surface area (Å²) < 4.78 is 13.8. The van der Waals surface area contributed by atoms with E-state index in [0.717, 1.165) is 27.8 Å². The zero-order chi connectivity index (χ0) is 32.2. The van der Waals surface area contributed by atoms with Crippen molar-refractivity contribution in [2.75, 3.05) is 17.7 Å². The predicted molar refractivity (Wildman–Crippen MR) is 184 cm³/mol. The van der Waals surface area contributed by atoms with Gasteiger partial charge in [0, 0.05) is 22.2 Å². The van der Waals surface area contributed by atoms with Crippen LogP contribution in [0.1, 0.15) is 40.8 Å². The third-order valence-corrected chi connectivity index (χ3v) is 9.07. The van der Waals surface area contributed by atoms with E-state index >= 15 is 0 Å². The summed E-state index contributed by atoms with van der Waals surface area (Å²) >= 11 is 7.88. The summed E-state index contributed by atoms with van der Waals surface area (Å²) in [6.07, 6.45) is 0. The van der Waals surface area contributed by atoms with Gasteiger partial charge in [0.1, 0.15) is 12.6 Å². The summed E-state index contributed by atoms with van der Waals surface area (Å²) in [5.74, 6) is 2.04. The van der Waals surface area contributed by atoms with E-state index in [9.17, 15) is 4.79 Å². The maximum atomic E-state index is 14.0. The number of benzene rings is 4. The van der Waals surface area contributed by atoms with E-state index in [1.807, 2.05) is 98.8 Å². The molecule has 4 aromatic carbocycles. The highest BCUT2D eigenvalue weighted by molar-refractivity contribution is 7.98. The quantitative estimate of drug-likeness (QED) is 0.147. The Kier molecular flexibility index (Phi) is 9.33. The Morgan fingerprint density at radius 1 is 0.957 bits per heavy atom. The predicted octanol–water partition coefficient (Wildman–Crippen LogP) is 8.36. The van der Waals surface area contributed by atoms with Gasteiger partial charge in [-0.3, -0.25) is 4.79 Å². The lowest BCUT2D eigenvalue weighted by Crippen LogP contribution is -2.31. The van der Waals surface area contributed by atoms with Crippen LogP contribution in [0.4, 0.5) is 11.6 Å². The second kappa shape index (κ2) is 13.7. The highest BCUT2D eigenvalue weighted by Crippen LogP contribution is 2.40. The van der Waals surface area contributed by atoms with E-state index in [0.29, 0.717) is 56.9 Å². The van der Waals surface area contributed by atoms with E-state index in [-0.39, 0.29) is 5.91 Å². The first-order valence-electron chi connectivity index (χ1n) is 14.8. The number of aryl methyl sites for hydroxylation is 2. The number of carbonyl (C=O) groups excluding carboxylic acids is 1. The molecule has 10 heteroatoms. The average molecular weight is 652 g/mol. The molecule has 0 bridgehead atoms. The number of nitrogens with zero attached hydrogens (tertiary/aromatic N) is 3. The molecule has 1 aromatic heterocycles. The van der Waals surface area contributed by atoms with Crippen molar-refractivity contribution in [3.63, 3.8) is 0 Å². The third-order valence-electron chi connectivity index (χ3n) is 7.82. The highest BCUT2D eigenvalue weighted by atomic mass is 35.5. The first kappa shape index (κ1) is 31.3. The number of halogens is 1. The topological polar surface area (TPSA) is 90.3 Å². The number of aromatic nitrogens is 3. The van der Waals surface area contributed by atoms with Crippen LogP contribution in [0.25, 0.3) is 0 Å². The van der Waals surface area contributed by atoms with E-state index in [1.165, 1.54) is 11.8 Å². The molecule has 1 aliphatic heterocycles. The molecule has 0 saturated heterocycles. The van der Waals surface area contributed by atoms with E-state index in [2.05, 4.69) is 23.6 Å². The summed E-state index contributed by atoms with van der Waals surface area (Å²) in [5.41, 5.74) is 6.98. The van der Waals surface area contributed by atoms with Crippen LogP contribution in [0.2, 0.25) is 5.02 Å². The first-order valence-corrected chi connectivity index (χ1v) is 16.2. The molecule has 1 amide bonds. The van der Waals surface area contributed by atoms with Gasteiger partial charge in [-0.05, 0) is 78.9 Å². The number of allylic oxidation sites excluding steroid dienone is 1. The van der Waals surface area contributed by atoms with Gasteiger partial charge in [-0.2, -0.15) is 4.98 Å². The summed E-state index contributed by atoms with van der Waals surface area (Å²) in [4.78, 5) is 18.8. The van der Waals surface area contributed by atoms with Crippen LogP contribution in [-0.4, -0.2) is 27.8 Å². The van der Waals surface area contributed by atoms with Gasteiger partial charge in [-0.15, -0.1) is 5.10 Å². The number of hydrogen-bond acceptors (Lipinski definition) is 7. The Labute approximate surface area is 277 Å². The van der Waals surface area contributed by atoms with Gasteiger partial charge in [0.15, 0.2) is 11.5 Å². The lowest BCUT2D eigenvalue weighted by atomic mass is 9.94. The monoisotopic (exact) mass is 651 g/mol. The Morgan fingerprint density at radius 3 is 2.50 bits per heavy atom. The maximum absolute atomic E-state index is 14.0. The van der Waals surface area contributed by atoms with Crippen molar-refractivity contribution in [2.24, 2.45) is 0 Å². The SMILES string of the molecule is COc1cc(C2C(C(=O)Nc3cccc(C)c3)=C(C)Nc3nc(SCc4ccccc4Cl)nn32)ccc1OCc1ccccc1C. The molecule has 6 rings (SSSR count). The van der Waals surface area contributed by atoms with Crippen LogP contribution in [0.15, 0.2) is 107 Å². The molecule has 5 aromatic rings. The fraction of sp³-hybridized carbons (Fsp3) is 0.194. The number of hydrogen-bond donors (Lipinski definition) is 2. The van der Waals surface area contributed by atoms with Crippen molar-refractivity contribution < 1.29 is 14.3 Å². The minimum atomic E-state index is -0.595. The van der Waals surface area contributed by atoms with Crippen molar-refractivity contribution in [2.45, 2.75) is 44.3 Å². The summed E-state index contributed by atoms with van der Waals surface area (Å²) in [6.45, 7) is 6.33. The summed E-state index contributed by atoms with van der Waals surface area (Å²) in [6, 6.07) is 28.7. The fourth-order valence-corrected chi connectivity index (χ4v) is 6.49. The molecule has 2 heterocycles. The van der Waals surface area contributed by atoms with Gasteiger partial charge in [0.2, 0.25) is 11.1 Å². The molecule has 1 aliphatic rings. The van der Waals surface area contributed by atoms with Crippen LogP contribution in [0.3, 0.4) is 0 Å². The molecule has 0 fully saturated rings. The Hall–Kier alpha value is -4.73. The van der Waals surface area contributed by atoms with E-state index in [1.54, 1.807) is 11.8 Å². The zero-order valence-electron chi connectivity index (χ0n) is 26.0. The Morgan fingerprint density at radius 2 is 1.74 bits per heavy atom. The van der Waals surface area contributed by atoms with Crippen molar-refractivity contribution in [1.82, 2.24) is 14.8 Å². The molecule has 234 valence electrons. The Balaban J connectivity index is 1.35. The van der Waals surface area contributed by atoms with E-state index < -0.39 is 6.04 Å². The molecular weight excluding hydrogens is 618 g/mol. The molecular formula is C36H34ClN5O3S. The standard InChI is InChI=1S/C36H34ClN5O3S/c1-22-10-9-14-28(18-22)39-34(43)32-24(3)38-35-40-36(46-21-27-13-7-8-15-29(27)37)41-42(35)33(32)25-16-17-30(31(19-25)44-4)45-20-26-12-6-5-11-23(26)2/h5-19,33H,20-21H2,1-4H3,(H,39,43)(H,38,40,41). The minimum Gasteiger partial charge on any atom is -0.493 e. The number of ether oxygens (including phenoxy) is 2. The molecule has 8 nitrogen and oxygen atoms in total. The van der Waals surface area contributed by atoms with Crippen LogP contribution in [0.5, 0.6) is 11.5 Å². The minimum absolute atomic E-state index is 0.245. The number of rotatable bonds is 10.